The summed E-state index contributed by atoms with van der Waals surface area (Å²) in [4.78, 5) is 12.2. The first-order valence-corrected chi connectivity index (χ1v) is 9.31. The molecule has 8 heteroatoms. The van der Waals surface area contributed by atoms with Gasteiger partial charge in [-0.3, -0.25) is 5.32 Å². The lowest BCUT2D eigenvalue weighted by Crippen LogP contribution is -2.31. The van der Waals surface area contributed by atoms with Crippen LogP contribution in [-0.4, -0.2) is 29.4 Å². The van der Waals surface area contributed by atoms with Crippen molar-refractivity contribution in [2.75, 3.05) is 18.5 Å². The van der Waals surface area contributed by atoms with Crippen molar-refractivity contribution in [3.8, 4) is 11.5 Å². The standard InChI is InChI=1S/C17H20N4O3S/c1-10(12-5-6-13-14(9-12)24-8-2-7-23-13)18-16(22)19-17-21-20-15(25-17)11-3-4-11/h5-6,9-11H,2-4,7-8H2,1H3,(H2,18,19,21,22). The number of nitrogens with zero attached hydrogens (tertiary/aromatic N) is 2. The number of rotatable bonds is 4. The van der Waals surface area contributed by atoms with Crippen molar-refractivity contribution in [1.82, 2.24) is 15.5 Å². The lowest BCUT2D eigenvalue weighted by Gasteiger charge is -2.16. The molecule has 1 saturated carbocycles. The van der Waals surface area contributed by atoms with Gasteiger partial charge in [-0.1, -0.05) is 17.4 Å². The van der Waals surface area contributed by atoms with E-state index in [9.17, 15) is 4.79 Å². The second-order valence-electron chi connectivity index (χ2n) is 6.30. The Morgan fingerprint density at radius 1 is 1.24 bits per heavy atom. The number of benzene rings is 1. The van der Waals surface area contributed by atoms with Crippen LogP contribution in [0.1, 0.15) is 48.7 Å². The third-order valence-corrected chi connectivity index (χ3v) is 5.21. The molecule has 7 nitrogen and oxygen atoms in total. The zero-order valence-electron chi connectivity index (χ0n) is 13.9. The Kier molecular flexibility index (Phi) is 4.44. The number of anilines is 1. The molecule has 1 aliphatic heterocycles. The Morgan fingerprint density at radius 3 is 2.84 bits per heavy atom. The van der Waals surface area contributed by atoms with Crippen LogP contribution in [0.5, 0.6) is 11.5 Å². The number of fused-ring (bicyclic) bond motifs is 1. The third kappa shape index (κ3) is 3.84. The molecule has 2 N–H and O–H groups in total. The summed E-state index contributed by atoms with van der Waals surface area (Å²) in [7, 11) is 0. The highest BCUT2D eigenvalue weighted by molar-refractivity contribution is 7.15. The van der Waals surface area contributed by atoms with Crippen LogP contribution >= 0.6 is 11.3 Å². The predicted molar refractivity (Wildman–Crippen MR) is 94.5 cm³/mol. The maximum atomic E-state index is 12.2. The van der Waals surface area contributed by atoms with E-state index in [1.807, 2.05) is 25.1 Å². The summed E-state index contributed by atoms with van der Waals surface area (Å²) >= 11 is 1.44. The van der Waals surface area contributed by atoms with Gasteiger partial charge >= 0.3 is 6.03 Å². The van der Waals surface area contributed by atoms with Gasteiger partial charge in [0.1, 0.15) is 5.01 Å². The van der Waals surface area contributed by atoms with Crippen LogP contribution in [0, 0.1) is 0 Å². The topological polar surface area (TPSA) is 85.4 Å². The van der Waals surface area contributed by atoms with Gasteiger partial charge in [-0.15, -0.1) is 10.2 Å². The monoisotopic (exact) mass is 360 g/mol. The number of hydrogen-bond donors (Lipinski definition) is 2. The van der Waals surface area contributed by atoms with E-state index < -0.39 is 0 Å². The zero-order chi connectivity index (χ0) is 17.2. The van der Waals surface area contributed by atoms with E-state index in [-0.39, 0.29) is 12.1 Å². The van der Waals surface area contributed by atoms with E-state index >= 15 is 0 Å². The van der Waals surface area contributed by atoms with E-state index in [1.54, 1.807) is 0 Å². The van der Waals surface area contributed by atoms with Crippen LogP contribution in [0.25, 0.3) is 0 Å². The van der Waals surface area contributed by atoms with Crippen molar-refractivity contribution in [2.45, 2.75) is 38.1 Å². The van der Waals surface area contributed by atoms with Crippen LogP contribution in [0.3, 0.4) is 0 Å². The largest absolute Gasteiger partial charge is 0.490 e. The molecule has 0 spiro atoms. The van der Waals surface area contributed by atoms with Crippen LogP contribution in [-0.2, 0) is 0 Å². The van der Waals surface area contributed by atoms with E-state index in [1.165, 1.54) is 24.2 Å². The second-order valence-corrected chi connectivity index (χ2v) is 7.31. The molecule has 0 saturated heterocycles. The molecule has 132 valence electrons. The van der Waals surface area contributed by atoms with E-state index in [4.69, 9.17) is 9.47 Å². The first kappa shape index (κ1) is 16.1. The Balaban J connectivity index is 1.37. The summed E-state index contributed by atoms with van der Waals surface area (Å²) in [5.41, 5.74) is 0.954. The van der Waals surface area contributed by atoms with Gasteiger partial charge in [-0.2, -0.15) is 0 Å². The fraction of sp³-hybridized carbons (Fsp3) is 0.471. The number of ether oxygens (including phenoxy) is 2. The fourth-order valence-electron chi connectivity index (χ4n) is 2.64. The van der Waals surface area contributed by atoms with Crippen molar-refractivity contribution >= 4 is 22.5 Å². The number of carbonyl (C=O) groups excluding carboxylic acids is 1. The average molecular weight is 360 g/mol. The fourth-order valence-corrected chi connectivity index (χ4v) is 3.55. The minimum Gasteiger partial charge on any atom is -0.490 e. The van der Waals surface area contributed by atoms with Crippen molar-refractivity contribution in [3.05, 3.63) is 28.8 Å². The molecule has 2 heterocycles. The quantitative estimate of drug-likeness (QED) is 0.872. The van der Waals surface area contributed by atoms with Gasteiger partial charge in [0.15, 0.2) is 11.5 Å². The first-order chi connectivity index (χ1) is 12.2. The maximum Gasteiger partial charge on any atom is 0.321 e. The first-order valence-electron chi connectivity index (χ1n) is 8.49. The Hall–Kier alpha value is -2.35. The maximum absolute atomic E-state index is 12.2. The number of aromatic nitrogens is 2. The third-order valence-electron chi connectivity index (χ3n) is 4.21. The Morgan fingerprint density at radius 2 is 2.04 bits per heavy atom. The van der Waals surface area contributed by atoms with E-state index in [0.29, 0.717) is 24.3 Å². The molecule has 0 radical (unpaired) electrons. The van der Waals surface area contributed by atoms with Crippen molar-refractivity contribution < 1.29 is 14.3 Å². The summed E-state index contributed by atoms with van der Waals surface area (Å²) in [6, 6.07) is 5.28. The number of amides is 2. The van der Waals surface area contributed by atoms with Crippen LogP contribution < -0.4 is 20.1 Å². The van der Waals surface area contributed by atoms with Crippen molar-refractivity contribution in [2.24, 2.45) is 0 Å². The summed E-state index contributed by atoms with van der Waals surface area (Å²) < 4.78 is 11.3. The van der Waals surface area contributed by atoms with Crippen LogP contribution in [0.4, 0.5) is 9.93 Å². The highest BCUT2D eigenvalue weighted by Crippen LogP contribution is 2.42. The molecular formula is C17H20N4O3S. The van der Waals surface area contributed by atoms with Crippen molar-refractivity contribution in [3.63, 3.8) is 0 Å². The molecule has 4 rings (SSSR count). The Bertz CT molecular complexity index is 775. The lowest BCUT2D eigenvalue weighted by molar-refractivity contribution is 0.249. The molecule has 2 aromatic rings. The molecule has 1 unspecified atom stereocenters. The second kappa shape index (κ2) is 6.87. The lowest BCUT2D eigenvalue weighted by atomic mass is 10.1. The minimum atomic E-state index is -0.293. The van der Waals surface area contributed by atoms with Crippen molar-refractivity contribution in [1.29, 1.82) is 0 Å². The van der Waals surface area contributed by atoms with Gasteiger partial charge < -0.3 is 14.8 Å². The number of urea groups is 1. The molecule has 1 atom stereocenters. The van der Waals surface area contributed by atoms with Gasteiger partial charge in [-0.05, 0) is 37.5 Å². The highest BCUT2D eigenvalue weighted by atomic mass is 32.1. The van der Waals surface area contributed by atoms with Gasteiger partial charge in [0.2, 0.25) is 5.13 Å². The van der Waals surface area contributed by atoms with Gasteiger partial charge in [0, 0.05) is 12.3 Å². The molecule has 1 fully saturated rings. The molecular weight excluding hydrogens is 340 g/mol. The number of hydrogen-bond acceptors (Lipinski definition) is 6. The van der Waals surface area contributed by atoms with Gasteiger partial charge in [0.25, 0.3) is 0 Å². The predicted octanol–water partition coefficient (Wildman–Crippen LogP) is 3.46. The van der Waals surface area contributed by atoms with Gasteiger partial charge in [0.05, 0.1) is 19.3 Å². The molecule has 1 aromatic carbocycles. The average Bonchev–Trinajstić information content (AvgIpc) is 3.39. The molecule has 2 amide bonds. The van der Waals surface area contributed by atoms with Crippen LogP contribution in [0.15, 0.2) is 18.2 Å². The molecule has 0 bridgehead atoms. The smallest absolute Gasteiger partial charge is 0.321 e. The molecule has 1 aromatic heterocycles. The Labute approximate surface area is 149 Å². The van der Waals surface area contributed by atoms with Gasteiger partial charge in [-0.25, -0.2) is 4.79 Å². The number of carbonyl (C=O) groups is 1. The van der Waals surface area contributed by atoms with E-state index in [0.717, 1.165) is 28.5 Å². The van der Waals surface area contributed by atoms with E-state index in [2.05, 4.69) is 20.8 Å². The summed E-state index contributed by atoms with van der Waals surface area (Å²) in [5, 5.41) is 15.4. The molecule has 25 heavy (non-hydrogen) atoms. The normalized spacial score (nSPS) is 17.5. The number of nitrogens with one attached hydrogen (secondary N) is 2. The minimum absolute atomic E-state index is 0.173. The summed E-state index contributed by atoms with van der Waals surface area (Å²) in [6.07, 6.45) is 3.20. The molecule has 2 aliphatic rings. The summed E-state index contributed by atoms with van der Waals surface area (Å²) in [5.74, 6) is 2.01. The SMILES string of the molecule is CC(NC(=O)Nc1nnc(C2CC2)s1)c1ccc2c(c1)OCCCO2. The highest BCUT2D eigenvalue weighted by Gasteiger charge is 2.27. The zero-order valence-corrected chi connectivity index (χ0v) is 14.8. The summed E-state index contributed by atoms with van der Waals surface area (Å²) in [6.45, 7) is 3.22. The molecule has 1 aliphatic carbocycles. The van der Waals surface area contributed by atoms with Crippen LogP contribution in [0.2, 0.25) is 0 Å².